The van der Waals surface area contributed by atoms with Gasteiger partial charge in [-0.25, -0.2) is 15.8 Å². The molecule has 0 radical (unpaired) electrons. The molecule has 1 amide bonds. The number of hydrogen-bond donors (Lipinski definition) is 2. The summed E-state index contributed by atoms with van der Waals surface area (Å²) in [4.78, 5) is 18.4. The Hall–Kier alpha value is -1.49. The van der Waals surface area contributed by atoms with Crippen LogP contribution in [0.25, 0.3) is 0 Å². The minimum Gasteiger partial charge on any atom is -0.290 e. The first-order valence-corrected chi connectivity index (χ1v) is 3.03. The molecular formula is C6H8N4O. The first kappa shape index (κ1) is 7.62. The minimum absolute atomic E-state index is 0.359. The number of hydrogen-bond acceptors (Lipinski definition) is 4. The molecular weight excluding hydrogens is 144 g/mol. The lowest BCUT2D eigenvalue weighted by molar-refractivity contribution is 0.0953. The summed E-state index contributed by atoms with van der Waals surface area (Å²) in [5.74, 6) is 5.13. The maximum absolute atomic E-state index is 10.8. The van der Waals surface area contributed by atoms with Crippen LogP contribution in [0, 0.1) is 6.92 Å². The van der Waals surface area contributed by atoms with Crippen LogP contribution in [0.3, 0.4) is 0 Å². The molecule has 5 nitrogen and oxygen atoms in total. The van der Waals surface area contributed by atoms with Crippen molar-refractivity contribution in [2.24, 2.45) is 5.84 Å². The summed E-state index contributed by atoms with van der Waals surface area (Å²) in [6.45, 7) is 1.74. The van der Waals surface area contributed by atoms with Crippen LogP contribution in [0.4, 0.5) is 0 Å². The fourth-order valence-electron chi connectivity index (χ4n) is 0.593. The van der Waals surface area contributed by atoms with Crippen molar-refractivity contribution in [1.82, 2.24) is 15.4 Å². The number of nitrogens with one attached hydrogen (secondary N) is 1. The third-order valence-corrected chi connectivity index (χ3v) is 1.17. The highest BCUT2D eigenvalue weighted by Crippen LogP contribution is 1.93. The van der Waals surface area contributed by atoms with E-state index < -0.39 is 0 Å². The Kier molecular flexibility index (Phi) is 2.12. The molecule has 0 fully saturated rings. The number of amides is 1. The summed E-state index contributed by atoms with van der Waals surface area (Å²) < 4.78 is 0. The van der Waals surface area contributed by atoms with E-state index in [1.54, 1.807) is 6.92 Å². The smallest absolute Gasteiger partial charge is 0.268 e. The zero-order valence-electron chi connectivity index (χ0n) is 6.03. The van der Waals surface area contributed by atoms with Gasteiger partial charge < -0.3 is 0 Å². The summed E-state index contributed by atoms with van der Waals surface area (Å²) in [5.41, 5.74) is 2.34. The van der Waals surface area contributed by atoms with Gasteiger partial charge in [-0.3, -0.25) is 10.2 Å². The third-order valence-electron chi connectivity index (χ3n) is 1.17. The van der Waals surface area contributed by atoms with Crippen LogP contribution in [0.15, 0.2) is 12.4 Å². The van der Waals surface area contributed by atoms with E-state index in [9.17, 15) is 4.79 Å². The lowest BCUT2D eigenvalue weighted by Crippen LogP contribution is -2.30. The monoisotopic (exact) mass is 152 g/mol. The number of carbonyl (C=O) groups excluding carboxylic acids is 1. The van der Waals surface area contributed by atoms with Crippen LogP contribution in [-0.4, -0.2) is 15.9 Å². The molecule has 5 heteroatoms. The number of nitrogens with two attached hydrogens (primary N) is 1. The summed E-state index contributed by atoms with van der Waals surface area (Å²) in [7, 11) is 0. The van der Waals surface area contributed by atoms with E-state index in [1.165, 1.54) is 12.4 Å². The Bertz CT molecular complexity index is 256. The predicted octanol–water partition coefficient (Wildman–Crippen LogP) is -0.611. The van der Waals surface area contributed by atoms with Crippen LogP contribution in [-0.2, 0) is 0 Å². The van der Waals surface area contributed by atoms with Crippen molar-refractivity contribution in [2.45, 2.75) is 6.92 Å². The molecule has 1 aromatic heterocycles. The first-order valence-electron chi connectivity index (χ1n) is 3.03. The molecule has 1 rings (SSSR count). The number of nitrogens with zero attached hydrogens (tertiary/aromatic N) is 2. The molecule has 0 aliphatic rings. The van der Waals surface area contributed by atoms with Gasteiger partial charge in [0.1, 0.15) is 5.82 Å². The van der Waals surface area contributed by atoms with Gasteiger partial charge >= 0.3 is 0 Å². The molecule has 0 aliphatic carbocycles. The average molecular weight is 152 g/mol. The Balaban J connectivity index is 2.90. The molecule has 0 bridgehead atoms. The highest BCUT2D eigenvalue weighted by atomic mass is 16.2. The Morgan fingerprint density at radius 2 is 2.09 bits per heavy atom. The molecule has 1 heterocycles. The zero-order valence-corrected chi connectivity index (χ0v) is 6.03. The van der Waals surface area contributed by atoms with Gasteiger partial charge in [-0.05, 0) is 6.92 Å². The van der Waals surface area contributed by atoms with E-state index in [2.05, 4.69) is 9.97 Å². The molecule has 58 valence electrons. The second kappa shape index (κ2) is 3.07. The topological polar surface area (TPSA) is 80.9 Å². The SMILES string of the molecule is Cc1ncc(C(=O)NN)cn1. The van der Waals surface area contributed by atoms with Crippen LogP contribution < -0.4 is 11.3 Å². The van der Waals surface area contributed by atoms with Gasteiger partial charge in [-0.2, -0.15) is 0 Å². The van der Waals surface area contributed by atoms with Gasteiger partial charge in [-0.15, -0.1) is 0 Å². The molecule has 1 aromatic rings. The van der Waals surface area contributed by atoms with Gasteiger partial charge in [-0.1, -0.05) is 0 Å². The normalized spacial score (nSPS) is 9.27. The molecule has 0 aromatic carbocycles. The van der Waals surface area contributed by atoms with E-state index in [0.29, 0.717) is 11.4 Å². The zero-order chi connectivity index (χ0) is 8.27. The molecule has 0 atom stereocenters. The second-order valence-electron chi connectivity index (χ2n) is 1.99. The average Bonchev–Trinajstić information content (AvgIpc) is 2.05. The number of rotatable bonds is 1. The van der Waals surface area contributed by atoms with Crippen molar-refractivity contribution in [1.29, 1.82) is 0 Å². The largest absolute Gasteiger partial charge is 0.290 e. The number of aryl methyl sites for hydroxylation is 1. The lowest BCUT2D eigenvalue weighted by Gasteiger charge is -1.96. The minimum atomic E-state index is -0.384. The lowest BCUT2D eigenvalue weighted by atomic mass is 10.3. The van der Waals surface area contributed by atoms with E-state index in [4.69, 9.17) is 5.84 Å². The molecule has 0 spiro atoms. The van der Waals surface area contributed by atoms with Crippen LogP contribution >= 0.6 is 0 Å². The summed E-state index contributed by atoms with van der Waals surface area (Å²) in [6.07, 6.45) is 2.84. The fourth-order valence-corrected chi connectivity index (χ4v) is 0.593. The van der Waals surface area contributed by atoms with Crippen LogP contribution in [0.5, 0.6) is 0 Å². The number of carbonyl (C=O) groups is 1. The number of hydrazine groups is 1. The summed E-state index contributed by atoms with van der Waals surface area (Å²) in [6, 6.07) is 0. The van der Waals surface area contributed by atoms with Gasteiger partial charge in [0, 0.05) is 12.4 Å². The van der Waals surface area contributed by atoms with E-state index in [-0.39, 0.29) is 5.91 Å². The van der Waals surface area contributed by atoms with E-state index in [0.717, 1.165) is 0 Å². The van der Waals surface area contributed by atoms with Crippen molar-refractivity contribution in [3.63, 3.8) is 0 Å². The van der Waals surface area contributed by atoms with Gasteiger partial charge in [0.05, 0.1) is 5.56 Å². The molecule has 11 heavy (non-hydrogen) atoms. The Morgan fingerprint density at radius 3 is 2.55 bits per heavy atom. The third kappa shape index (κ3) is 1.71. The maximum atomic E-state index is 10.8. The quantitative estimate of drug-likeness (QED) is 0.319. The van der Waals surface area contributed by atoms with Crippen LogP contribution in [0.2, 0.25) is 0 Å². The van der Waals surface area contributed by atoms with Crippen molar-refractivity contribution < 1.29 is 4.79 Å². The molecule has 0 saturated carbocycles. The molecule has 0 aliphatic heterocycles. The molecule has 0 unspecified atom stereocenters. The highest BCUT2D eigenvalue weighted by molar-refractivity contribution is 5.93. The van der Waals surface area contributed by atoms with Gasteiger partial charge in [0.2, 0.25) is 0 Å². The molecule has 0 saturated heterocycles. The predicted molar refractivity (Wildman–Crippen MR) is 38.4 cm³/mol. The van der Waals surface area contributed by atoms with Crippen molar-refractivity contribution in [2.75, 3.05) is 0 Å². The second-order valence-corrected chi connectivity index (χ2v) is 1.99. The van der Waals surface area contributed by atoms with Gasteiger partial charge in [0.25, 0.3) is 5.91 Å². The standard InChI is InChI=1S/C6H8N4O/c1-4-8-2-5(3-9-4)6(11)10-7/h2-3H,7H2,1H3,(H,10,11). The van der Waals surface area contributed by atoms with Crippen molar-refractivity contribution in [3.05, 3.63) is 23.8 Å². The Morgan fingerprint density at radius 1 is 1.55 bits per heavy atom. The first-order chi connectivity index (χ1) is 5.24. The van der Waals surface area contributed by atoms with E-state index >= 15 is 0 Å². The van der Waals surface area contributed by atoms with Crippen molar-refractivity contribution >= 4 is 5.91 Å². The van der Waals surface area contributed by atoms with Gasteiger partial charge in [0.15, 0.2) is 0 Å². The summed E-state index contributed by atoms with van der Waals surface area (Å²) in [5, 5.41) is 0. The van der Waals surface area contributed by atoms with Crippen LogP contribution in [0.1, 0.15) is 16.2 Å². The van der Waals surface area contributed by atoms with Crippen molar-refractivity contribution in [3.8, 4) is 0 Å². The summed E-state index contributed by atoms with van der Waals surface area (Å²) >= 11 is 0. The fraction of sp³-hybridized carbons (Fsp3) is 0.167. The van der Waals surface area contributed by atoms with E-state index in [1.807, 2.05) is 5.43 Å². The molecule has 3 N–H and O–H groups in total. The maximum Gasteiger partial charge on any atom is 0.268 e. The Labute approximate surface area is 63.6 Å². The number of aromatic nitrogens is 2. The highest BCUT2D eigenvalue weighted by Gasteiger charge is 2.02. The number of nitrogen functional groups attached to an aromatic ring is 1.